The molecule has 126 valence electrons. The molecule has 2 saturated heterocycles. The highest BCUT2D eigenvalue weighted by molar-refractivity contribution is 5.74. The Morgan fingerprint density at radius 3 is 2.70 bits per heavy atom. The molecule has 0 aromatic carbocycles. The number of amides is 2. The summed E-state index contributed by atoms with van der Waals surface area (Å²) in [5.74, 6) is 0.569. The number of pyridine rings is 1. The van der Waals surface area contributed by atoms with E-state index in [0.717, 1.165) is 5.69 Å². The minimum Gasteiger partial charge on any atom is -0.470 e. The second-order valence-corrected chi connectivity index (χ2v) is 5.76. The van der Waals surface area contributed by atoms with E-state index in [-0.39, 0.29) is 12.1 Å². The third-order valence-corrected chi connectivity index (χ3v) is 3.94. The summed E-state index contributed by atoms with van der Waals surface area (Å²) in [6.07, 6.45) is -0.211. The molecule has 1 atom stereocenters. The van der Waals surface area contributed by atoms with Gasteiger partial charge in [-0.15, -0.1) is 0 Å². The van der Waals surface area contributed by atoms with Crippen molar-refractivity contribution in [2.24, 2.45) is 0 Å². The Bertz CT molecular complexity index is 534. The summed E-state index contributed by atoms with van der Waals surface area (Å²) in [6.45, 7) is 6.47. The first-order valence-corrected chi connectivity index (χ1v) is 8.02. The number of urea groups is 1. The molecule has 7 heteroatoms. The van der Waals surface area contributed by atoms with Crippen molar-refractivity contribution in [3.05, 3.63) is 23.9 Å². The molecule has 0 bridgehead atoms. The van der Waals surface area contributed by atoms with Crippen molar-refractivity contribution in [3.63, 3.8) is 0 Å². The number of hydrogen-bond donors (Lipinski definition) is 0. The van der Waals surface area contributed by atoms with Gasteiger partial charge in [0.2, 0.25) is 5.88 Å². The second-order valence-electron chi connectivity index (χ2n) is 5.76. The molecule has 7 nitrogen and oxygen atoms in total. The lowest BCUT2D eigenvalue weighted by Crippen LogP contribution is -2.50. The van der Waals surface area contributed by atoms with Gasteiger partial charge in [0.15, 0.2) is 0 Å². The summed E-state index contributed by atoms with van der Waals surface area (Å²) in [7, 11) is 0. The number of morpholine rings is 1. The minimum absolute atomic E-state index is 0.0320. The molecule has 0 N–H and O–H groups in total. The lowest BCUT2D eigenvalue weighted by atomic mass is 10.3. The first kappa shape index (κ1) is 16.0. The number of aryl methyl sites for hydroxylation is 1. The van der Waals surface area contributed by atoms with E-state index in [4.69, 9.17) is 14.2 Å². The fourth-order valence-corrected chi connectivity index (χ4v) is 2.73. The smallest absolute Gasteiger partial charge is 0.320 e. The van der Waals surface area contributed by atoms with Crippen LogP contribution in [0.5, 0.6) is 5.88 Å². The Kier molecular flexibility index (Phi) is 5.30. The highest BCUT2D eigenvalue weighted by Crippen LogP contribution is 2.13. The molecule has 0 saturated carbocycles. The molecule has 1 unspecified atom stereocenters. The number of rotatable bonds is 2. The Morgan fingerprint density at radius 2 is 1.91 bits per heavy atom. The summed E-state index contributed by atoms with van der Waals surface area (Å²) in [5, 5.41) is 0. The molecule has 0 spiro atoms. The quantitative estimate of drug-likeness (QED) is 0.810. The van der Waals surface area contributed by atoms with Crippen LogP contribution >= 0.6 is 0 Å². The molecule has 1 aromatic rings. The van der Waals surface area contributed by atoms with Crippen molar-refractivity contribution in [1.82, 2.24) is 14.8 Å². The van der Waals surface area contributed by atoms with Gasteiger partial charge in [-0.2, -0.15) is 0 Å². The van der Waals surface area contributed by atoms with E-state index in [1.807, 2.05) is 30.0 Å². The van der Waals surface area contributed by atoms with Gasteiger partial charge in [-0.05, 0) is 13.0 Å². The van der Waals surface area contributed by atoms with Crippen LogP contribution < -0.4 is 4.74 Å². The fraction of sp³-hybridized carbons (Fsp3) is 0.625. The van der Waals surface area contributed by atoms with Crippen LogP contribution in [0.25, 0.3) is 0 Å². The zero-order valence-corrected chi connectivity index (χ0v) is 13.4. The lowest BCUT2D eigenvalue weighted by molar-refractivity contribution is 0.0405. The van der Waals surface area contributed by atoms with Gasteiger partial charge in [0.1, 0.15) is 6.10 Å². The topological polar surface area (TPSA) is 64.1 Å². The first-order chi connectivity index (χ1) is 11.2. The first-order valence-electron chi connectivity index (χ1n) is 8.02. The van der Waals surface area contributed by atoms with E-state index in [0.29, 0.717) is 58.5 Å². The highest BCUT2D eigenvalue weighted by Gasteiger charge is 2.28. The number of aromatic nitrogens is 1. The number of nitrogens with zero attached hydrogens (tertiary/aromatic N) is 3. The highest BCUT2D eigenvalue weighted by atomic mass is 16.5. The summed E-state index contributed by atoms with van der Waals surface area (Å²) in [5.41, 5.74) is 0.901. The summed E-state index contributed by atoms with van der Waals surface area (Å²) >= 11 is 0. The average Bonchev–Trinajstić information content (AvgIpc) is 2.80. The summed E-state index contributed by atoms with van der Waals surface area (Å²) in [6, 6.07) is 5.69. The van der Waals surface area contributed by atoms with E-state index in [2.05, 4.69) is 4.98 Å². The maximum Gasteiger partial charge on any atom is 0.320 e. The van der Waals surface area contributed by atoms with Gasteiger partial charge in [0, 0.05) is 31.4 Å². The Hall–Kier alpha value is -1.86. The van der Waals surface area contributed by atoms with Gasteiger partial charge in [-0.25, -0.2) is 9.78 Å². The zero-order valence-electron chi connectivity index (χ0n) is 13.4. The molecule has 3 heterocycles. The van der Waals surface area contributed by atoms with E-state index < -0.39 is 0 Å². The third-order valence-electron chi connectivity index (χ3n) is 3.94. The van der Waals surface area contributed by atoms with Crippen molar-refractivity contribution in [3.8, 4) is 5.88 Å². The van der Waals surface area contributed by atoms with Crippen molar-refractivity contribution >= 4 is 6.03 Å². The maximum absolute atomic E-state index is 12.6. The van der Waals surface area contributed by atoms with Crippen molar-refractivity contribution in [2.75, 3.05) is 52.6 Å². The molecule has 1 aromatic heterocycles. The van der Waals surface area contributed by atoms with Crippen molar-refractivity contribution in [1.29, 1.82) is 0 Å². The summed E-state index contributed by atoms with van der Waals surface area (Å²) in [4.78, 5) is 20.6. The molecule has 2 aliphatic heterocycles. The molecule has 2 fully saturated rings. The van der Waals surface area contributed by atoms with Gasteiger partial charge < -0.3 is 24.0 Å². The number of carbonyl (C=O) groups excluding carboxylic acids is 1. The molecule has 23 heavy (non-hydrogen) atoms. The number of carbonyl (C=O) groups is 1. The number of hydrogen-bond acceptors (Lipinski definition) is 5. The second kappa shape index (κ2) is 7.61. The molecule has 0 aliphatic carbocycles. The van der Waals surface area contributed by atoms with Crippen LogP contribution in [0, 0.1) is 6.92 Å². The normalized spacial score (nSPS) is 22.6. The minimum atomic E-state index is -0.211. The Morgan fingerprint density at radius 1 is 1.17 bits per heavy atom. The molecular formula is C16H23N3O4. The van der Waals surface area contributed by atoms with Crippen molar-refractivity contribution in [2.45, 2.75) is 13.0 Å². The number of ether oxygens (including phenoxy) is 3. The Labute approximate surface area is 136 Å². The van der Waals surface area contributed by atoms with Crippen LogP contribution in [0.2, 0.25) is 0 Å². The molecule has 0 radical (unpaired) electrons. The van der Waals surface area contributed by atoms with Gasteiger partial charge >= 0.3 is 6.03 Å². The fourth-order valence-electron chi connectivity index (χ4n) is 2.73. The van der Waals surface area contributed by atoms with Gasteiger partial charge in [-0.3, -0.25) is 0 Å². The van der Waals surface area contributed by atoms with Crippen molar-refractivity contribution < 1.29 is 19.0 Å². The lowest BCUT2D eigenvalue weighted by Gasteiger charge is -2.33. The van der Waals surface area contributed by atoms with E-state index >= 15 is 0 Å². The molecule has 3 rings (SSSR count). The zero-order chi connectivity index (χ0) is 16.1. The van der Waals surface area contributed by atoms with Crippen LogP contribution in [0.1, 0.15) is 5.69 Å². The maximum atomic E-state index is 12.6. The largest absolute Gasteiger partial charge is 0.470 e. The predicted molar refractivity (Wildman–Crippen MR) is 83.6 cm³/mol. The molecule has 2 amide bonds. The van der Waals surface area contributed by atoms with Crippen LogP contribution in [-0.4, -0.2) is 79.5 Å². The van der Waals surface area contributed by atoms with Crippen LogP contribution in [0.15, 0.2) is 18.2 Å². The van der Waals surface area contributed by atoms with E-state index in [1.165, 1.54) is 0 Å². The van der Waals surface area contributed by atoms with Gasteiger partial charge in [-0.1, -0.05) is 6.07 Å². The average molecular weight is 321 g/mol. The Balaban J connectivity index is 1.62. The van der Waals surface area contributed by atoms with E-state index in [1.54, 1.807) is 4.90 Å². The molecular weight excluding hydrogens is 298 g/mol. The SMILES string of the molecule is Cc1cccc(OC2COCCN(C(=O)N3CCOCC3)C2)n1. The van der Waals surface area contributed by atoms with Crippen LogP contribution in [-0.2, 0) is 9.47 Å². The summed E-state index contributed by atoms with van der Waals surface area (Å²) < 4.78 is 16.8. The van der Waals surface area contributed by atoms with Gasteiger partial charge in [0.05, 0.1) is 33.0 Å². The van der Waals surface area contributed by atoms with Gasteiger partial charge in [0.25, 0.3) is 0 Å². The predicted octanol–water partition coefficient (Wildman–Crippen LogP) is 0.922. The van der Waals surface area contributed by atoms with Crippen LogP contribution in [0.4, 0.5) is 4.79 Å². The third kappa shape index (κ3) is 4.33. The van der Waals surface area contributed by atoms with Crippen LogP contribution in [0.3, 0.4) is 0 Å². The van der Waals surface area contributed by atoms with E-state index in [9.17, 15) is 4.79 Å². The monoisotopic (exact) mass is 321 g/mol. The standard InChI is InChI=1S/C16H23N3O4/c1-13-3-2-4-15(17-13)23-14-11-19(7-10-22-12-14)16(20)18-5-8-21-9-6-18/h2-4,14H,5-12H2,1H3. The molecule has 2 aliphatic rings.